The molecule has 0 aliphatic heterocycles. The Morgan fingerprint density at radius 2 is 2.33 bits per heavy atom. The summed E-state index contributed by atoms with van der Waals surface area (Å²) in [6, 6.07) is 0. The van der Waals surface area contributed by atoms with E-state index >= 15 is 0 Å². The van der Waals surface area contributed by atoms with Crippen LogP contribution < -0.4 is 10.6 Å². The second-order valence-electron chi connectivity index (χ2n) is 2.46. The number of aliphatic hydroxyl groups excluding tert-OH is 1. The molecule has 0 fully saturated rings. The second kappa shape index (κ2) is 3.84. The zero-order chi connectivity index (χ0) is 9.14. The highest BCUT2D eigenvalue weighted by Crippen LogP contribution is 2.09. The second-order valence-corrected chi connectivity index (χ2v) is 3.50. The van der Waals surface area contributed by atoms with Crippen LogP contribution >= 0.6 is 11.3 Å². The summed E-state index contributed by atoms with van der Waals surface area (Å²) in [5, 5.41) is 8.66. The Kier molecular flexibility index (Phi) is 3.02. The molecule has 5 heteroatoms. The quantitative estimate of drug-likeness (QED) is 0.682. The topological polar surface area (TPSA) is 68.2 Å². The maximum Gasteiger partial charge on any atom is 0.307 e. The van der Waals surface area contributed by atoms with Crippen LogP contribution in [0.4, 0.5) is 0 Å². The van der Waals surface area contributed by atoms with Crippen molar-refractivity contribution in [3.05, 3.63) is 20.2 Å². The summed E-state index contributed by atoms with van der Waals surface area (Å²) < 4.78 is 1.55. The van der Waals surface area contributed by atoms with Crippen LogP contribution in [0, 0.1) is 6.92 Å². The first kappa shape index (κ1) is 9.44. The van der Waals surface area contributed by atoms with Gasteiger partial charge in [-0.3, -0.25) is 4.79 Å². The third kappa shape index (κ3) is 1.57. The van der Waals surface area contributed by atoms with Crippen LogP contribution in [0.25, 0.3) is 0 Å². The van der Waals surface area contributed by atoms with E-state index < -0.39 is 0 Å². The lowest BCUT2D eigenvalue weighted by Gasteiger charge is -2.00. The van der Waals surface area contributed by atoms with Gasteiger partial charge in [0.1, 0.15) is 0 Å². The van der Waals surface area contributed by atoms with Crippen molar-refractivity contribution >= 4 is 11.3 Å². The molecule has 0 aliphatic carbocycles. The number of hydrogen-bond donors (Lipinski definition) is 2. The number of rotatable bonds is 3. The van der Waals surface area contributed by atoms with E-state index in [1.54, 1.807) is 4.57 Å². The Morgan fingerprint density at radius 3 is 2.75 bits per heavy atom. The molecule has 0 saturated heterocycles. The van der Waals surface area contributed by atoms with E-state index in [9.17, 15) is 4.79 Å². The van der Waals surface area contributed by atoms with Gasteiger partial charge in [-0.15, -0.1) is 0 Å². The maximum atomic E-state index is 11.2. The molecule has 3 N–H and O–H groups in total. The van der Waals surface area contributed by atoms with E-state index in [1.807, 2.05) is 6.92 Å². The van der Waals surface area contributed by atoms with Crippen molar-refractivity contribution < 1.29 is 5.11 Å². The van der Waals surface area contributed by atoms with Crippen molar-refractivity contribution in [3.8, 4) is 0 Å². The summed E-state index contributed by atoms with van der Waals surface area (Å²) in [4.78, 5) is 12.1. The van der Waals surface area contributed by atoms with Gasteiger partial charge in [-0.2, -0.15) is 0 Å². The smallest absolute Gasteiger partial charge is 0.307 e. The van der Waals surface area contributed by atoms with Crippen molar-refractivity contribution in [2.45, 2.75) is 20.0 Å². The molecule has 1 rings (SSSR count). The van der Waals surface area contributed by atoms with Crippen molar-refractivity contribution in [1.29, 1.82) is 0 Å². The number of nitrogens with two attached hydrogens (primary N) is 1. The van der Waals surface area contributed by atoms with Crippen molar-refractivity contribution in [2.24, 2.45) is 5.73 Å². The summed E-state index contributed by atoms with van der Waals surface area (Å²) in [6.07, 6.45) is 0. The molecule has 0 saturated carbocycles. The highest BCUT2D eigenvalue weighted by atomic mass is 32.1. The molecule has 0 unspecified atom stereocenters. The van der Waals surface area contributed by atoms with Crippen LogP contribution in [0.15, 0.2) is 4.79 Å². The van der Waals surface area contributed by atoms with Crippen LogP contribution in [-0.2, 0) is 13.1 Å². The zero-order valence-corrected chi connectivity index (χ0v) is 7.73. The van der Waals surface area contributed by atoms with E-state index in [1.165, 1.54) is 0 Å². The monoisotopic (exact) mass is 188 g/mol. The molecule has 0 aliphatic rings. The third-order valence-corrected chi connectivity index (χ3v) is 2.85. The first-order chi connectivity index (χ1) is 5.70. The number of aliphatic hydroxyl groups is 1. The van der Waals surface area contributed by atoms with Crippen LogP contribution in [-0.4, -0.2) is 16.3 Å². The van der Waals surface area contributed by atoms with Gasteiger partial charge in [-0.1, -0.05) is 11.3 Å². The number of hydrogen-bond acceptors (Lipinski definition) is 4. The normalized spacial score (nSPS) is 10.6. The predicted octanol–water partition coefficient (Wildman–Crippen LogP) is -0.331. The Labute approximate surface area is 74.3 Å². The van der Waals surface area contributed by atoms with Crippen molar-refractivity contribution in [2.75, 3.05) is 6.61 Å². The average molecular weight is 188 g/mol. The van der Waals surface area contributed by atoms with Gasteiger partial charge in [0, 0.05) is 23.7 Å². The lowest BCUT2D eigenvalue weighted by atomic mass is 10.4. The molecular weight excluding hydrogens is 176 g/mol. The highest BCUT2D eigenvalue weighted by Gasteiger charge is 2.07. The van der Waals surface area contributed by atoms with Gasteiger partial charge in [0.05, 0.1) is 6.61 Å². The standard InChI is InChI=1S/C7H12N2O2S/c1-5-6(4-8)12-7(11)9(5)2-3-10/h10H,2-4,8H2,1H3. The first-order valence-corrected chi connectivity index (χ1v) is 4.52. The van der Waals surface area contributed by atoms with Gasteiger partial charge in [0.25, 0.3) is 0 Å². The van der Waals surface area contributed by atoms with Crippen molar-refractivity contribution in [3.63, 3.8) is 0 Å². The number of thiazole rings is 1. The minimum atomic E-state index is -0.0398. The summed E-state index contributed by atoms with van der Waals surface area (Å²) >= 11 is 1.15. The van der Waals surface area contributed by atoms with E-state index in [0.717, 1.165) is 21.9 Å². The summed E-state index contributed by atoms with van der Waals surface area (Å²) in [5.74, 6) is 0. The van der Waals surface area contributed by atoms with Gasteiger partial charge >= 0.3 is 4.87 Å². The van der Waals surface area contributed by atoms with Crippen LogP contribution in [0.1, 0.15) is 10.6 Å². The molecular formula is C7H12N2O2S. The Morgan fingerprint density at radius 1 is 1.67 bits per heavy atom. The van der Waals surface area contributed by atoms with Gasteiger partial charge < -0.3 is 15.4 Å². The van der Waals surface area contributed by atoms with Crippen molar-refractivity contribution in [1.82, 2.24) is 4.57 Å². The fourth-order valence-corrected chi connectivity index (χ4v) is 1.96. The van der Waals surface area contributed by atoms with Gasteiger partial charge in [-0.25, -0.2) is 0 Å². The van der Waals surface area contributed by atoms with Crippen LogP contribution in [0.2, 0.25) is 0 Å². The maximum absolute atomic E-state index is 11.2. The summed E-state index contributed by atoms with van der Waals surface area (Å²) in [7, 11) is 0. The molecule has 4 nitrogen and oxygen atoms in total. The summed E-state index contributed by atoms with van der Waals surface area (Å²) in [5.41, 5.74) is 6.30. The fourth-order valence-electron chi connectivity index (χ4n) is 1.07. The molecule has 1 aromatic rings. The number of aromatic nitrogens is 1. The van der Waals surface area contributed by atoms with E-state index in [2.05, 4.69) is 0 Å². The minimum Gasteiger partial charge on any atom is -0.395 e. The third-order valence-electron chi connectivity index (χ3n) is 1.75. The molecule has 1 heterocycles. The lowest BCUT2D eigenvalue weighted by molar-refractivity contribution is 0.274. The van der Waals surface area contributed by atoms with E-state index in [-0.39, 0.29) is 11.5 Å². The molecule has 68 valence electrons. The molecule has 0 aromatic carbocycles. The summed E-state index contributed by atoms with van der Waals surface area (Å²) in [6.45, 7) is 2.59. The SMILES string of the molecule is Cc1c(CN)sc(=O)n1CCO. The zero-order valence-electron chi connectivity index (χ0n) is 6.91. The van der Waals surface area contributed by atoms with Gasteiger partial charge in [-0.05, 0) is 6.92 Å². The molecule has 0 spiro atoms. The fraction of sp³-hybridized carbons (Fsp3) is 0.571. The molecule has 0 amide bonds. The van der Waals surface area contributed by atoms with E-state index in [4.69, 9.17) is 10.8 Å². The average Bonchev–Trinajstić information content (AvgIpc) is 2.32. The van der Waals surface area contributed by atoms with Gasteiger partial charge in [0.2, 0.25) is 0 Å². The molecule has 1 aromatic heterocycles. The Balaban J connectivity index is 3.10. The van der Waals surface area contributed by atoms with E-state index in [0.29, 0.717) is 13.1 Å². The predicted molar refractivity (Wildman–Crippen MR) is 48.3 cm³/mol. The van der Waals surface area contributed by atoms with Crippen LogP contribution in [0.5, 0.6) is 0 Å². The Bertz CT molecular complexity index is 316. The van der Waals surface area contributed by atoms with Crippen LogP contribution in [0.3, 0.4) is 0 Å². The van der Waals surface area contributed by atoms with Gasteiger partial charge in [0.15, 0.2) is 0 Å². The lowest BCUT2D eigenvalue weighted by Crippen LogP contribution is -2.16. The highest BCUT2D eigenvalue weighted by molar-refractivity contribution is 7.09. The molecule has 0 radical (unpaired) electrons. The molecule has 0 bridgehead atoms. The molecule has 0 atom stereocenters. The number of nitrogens with zero attached hydrogens (tertiary/aromatic N) is 1. The minimum absolute atomic E-state index is 0.0124. The molecule has 12 heavy (non-hydrogen) atoms. The Hall–Kier alpha value is -0.650. The first-order valence-electron chi connectivity index (χ1n) is 3.70. The largest absolute Gasteiger partial charge is 0.395 e.